The first-order valence-corrected chi connectivity index (χ1v) is 6.03. The summed E-state index contributed by atoms with van der Waals surface area (Å²) in [5, 5.41) is 5.44. The predicted octanol–water partition coefficient (Wildman–Crippen LogP) is 1.71. The molecule has 4 N–H and O–H groups in total. The third-order valence-corrected chi connectivity index (χ3v) is 2.53. The molecular weight excluding hydrogens is 230 g/mol. The third-order valence-electron chi connectivity index (χ3n) is 2.53. The van der Waals surface area contributed by atoms with Crippen LogP contribution in [0.1, 0.15) is 26.7 Å². The Labute approximate surface area is 107 Å². The van der Waals surface area contributed by atoms with Crippen LogP contribution in [0, 0.1) is 0 Å². The molecule has 0 unspecified atom stereocenters. The first-order chi connectivity index (χ1) is 8.56. The van der Waals surface area contributed by atoms with Crippen molar-refractivity contribution in [3.63, 3.8) is 0 Å². The predicted molar refractivity (Wildman–Crippen MR) is 72.3 cm³/mol. The summed E-state index contributed by atoms with van der Waals surface area (Å²) in [6.45, 7) is 3.64. The van der Waals surface area contributed by atoms with Crippen LogP contribution in [-0.2, 0) is 9.59 Å². The summed E-state index contributed by atoms with van der Waals surface area (Å²) < 4.78 is 0. The normalized spacial score (nSPS) is 11.7. The number of carbonyl (C=O) groups excluding carboxylic acids is 2. The van der Waals surface area contributed by atoms with Gasteiger partial charge in [-0.05, 0) is 30.7 Å². The van der Waals surface area contributed by atoms with Gasteiger partial charge in [-0.25, -0.2) is 0 Å². The van der Waals surface area contributed by atoms with Crippen LogP contribution in [0.25, 0.3) is 0 Å². The lowest BCUT2D eigenvalue weighted by Gasteiger charge is -2.10. The molecule has 18 heavy (non-hydrogen) atoms. The molecule has 1 aromatic rings. The summed E-state index contributed by atoms with van der Waals surface area (Å²) in [6, 6.07) is 6.43. The number of nitrogens with one attached hydrogen (secondary N) is 2. The van der Waals surface area contributed by atoms with Crippen LogP contribution in [0.3, 0.4) is 0 Å². The molecule has 0 heterocycles. The zero-order valence-corrected chi connectivity index (χ0v) is 10.7. The summed E-state index contributed by atoms with van der Waals surface area (Å²) in [5.74, 6) is -0.248. The van der Waals surface area contributed by atoms with Crippen molar-refractivity contribution in [1.29, 1.82) is 0 Å². The highest BCUT2D eigenvalue weighted by Crippen LogP contribution is 2.14. The minimum atomic E-state index is -0.496. The van der Waals surface area contributed by atoms with E-state index in [4.69, 9.17) is 5.73 Å². The third kappa shape index (κ3) is 4.18. The second-order valence-corrected chi connectivity index (χ2v) is 3.98. The highest BCUT2D eigenvalue weighted by molar-refractivity contribution is 5.95. The number of amides is 2. The average Bonchev–Trinajstić information content (AvgIpc) is 2.39. The van der Waals surface area contributed by atoms with Crippen molar-refractivity contribution < 1.29 is 9.59 Å². The molecule has 98 valence electrons. The largest absolute Gasteiger partial charge is 0.326 e. The molecule has 0 aliphatic heterocycles. The Morgan fingerprint density at radius 1 is 1.11 bits per heavy atom. The van der Waals surface area contributed by atoms with E-state index in [9.17, 15) is 9.59 Å². The van der Waals surface area contributed by atoms with Crippen LogP contribution in [0.2, 0.25) is 0 Å². The van der Waals surface area contributed by atoms with Crippen molar-refractivity contribution in [2.45, 2.75) is 32.7 Å². The second-order valence-electron chi connectivity index (χ2n) is 3.98. The first-order valence-electron chi connectivity index (χ1n) is 6.03. The Bertz CT molecular complexity index is 415. The van der Waals surface area contributed by atoms with Crippen molar-refractivity contribution >= 4 is 23.2 Å². The first kappa shape index (κ1) is 14.2. The molecule has 0 aliphatic carbocycles. The summed E-state index contributed by atoms with van der Waals surface area (Å²) >= 11 is 0. The van der Waals surface area contributed by atoms with Crippen LogP contribution in [0.15, 0.2) is 24.3 Å². The molecule has 1 rings (SSSR count). The van der Waals surface area contributed by atoms with Crippen LogP contribution in [0.4, 0.5) is 11.4 Å². The Morgan fingerprint density at radius 3 is 2.06 bits per heavy atom. The molecule has 5 heteroatoms. The van der Waals surface area contributed by atoms with Crippen LogP contribution < -0.4 is 16.4 Å². The standard InChI is InChI=1S/C13H19N3O2/c1-3-11(14)13(18)16-10-7-5-9(6-8-10)15-12(17)4-2/h5-8,11H,3-4,14H2,1-2H3,(H,15,17)(H,16,18)/t11-/m0/s1. The van der Waals surface area contributed by atoms with Gasteiger partial charge in [-0.2, -0.15) is 0 Å². The molecule has 0 aliphatic rings. The van der Waals surface area contributed by atoms with Gasteiger partial charge in [-0.3, -0.25) is 9.59 Å². The Balaban J connectivity index is 2.60. The van der Waals surface area contributed by atoms with Crippen LogP contribution in [0.5, 0.6) is 0 Å². The van der Waals surface area contributed by atoms with Gasteiger partial charge in [0, 0.05) is 17.8 Å². The minimum absolute atomic E-state index is 0.0419. The van der Waals surface area contributed by atoms with Gasteiger partial charge in [0.1, 0.15) is 0 Å². The average molecular weight is 249 g/mol. The molecule has 1 aromatic carbocycles. The van der Waals surface area contributed by atoms with E-state index in [0.29, 0.717) is 24.2 Å². The molecule has 0 saturated carbocycles. The molecule has 0 spiro atoms. The highest BCUT2D eigenvalue weighted by Gasteiger charge is 2.10. The molecule has 0 fully saturated rings. The fourth-order valence-corrected chi connectivity index (χ4v) is 1.31. The van der Waals surface area contributed by atoms with E-state index < -0.39 is 6.04 Å². The maximum Gasteiger partial charge on any atom is 0.241 e. The summed E-state index contributed by atoms with van der Waals surface area (Å²) in [7, 11) is 0. The molecule has 0 aromatic heterocycles. The van der Waals surface area contributed by atoms with Gasteiger partial charge < -0.3 is 16.4 Å². The number of hydrogen-bond donors (Lipinski definition) is 3. The second kappa shape index (κ2) is 6.76. The van der Waals surface area contributed by atoms with Crippen molar-refractivity contribution in [1.82, 2.24) is 0 Å². The summed E-state index contributed by atoms with van der Waals surface area (Å²) in [5.41, 5.74) is 6.98. The quantitative estimate of drug-likeness (QED) is 0.742. The topological polar surface area (TPSA) is 84.2 Å². The monoisotopic (exact) mass is 249 g/mol. The smallest absolute Gasteiger partial charge is 0.241 e. The summed E-state index contributed by atoms with van der Waals surface area (Å²) in [4.78, 5) is 22.7. The van der Waals surface area contributed by atoms with Gasteiger partial charge in [0.15, 0.2) is 0 Å². The van der Waals surface area contributed by atoms with Gasteiger partial charge >= 0.3 is 0 Å². The van der Waals surface area contributed by atoms with Gasteiger partial charge in [-0.15, -0.1) is 0 Å². The number of anilines is 2. The number of benzene rings is 1. The lowest BCUT2D eigenvalue weighted by Crippen LogP contribution is -2.34. The SMILES string of the molecule is CCC(=O)Nc1ccc(NC(=O)[C@@H](N)CC)cc1. The van der Waals surface area contributed by atoms with Crippen molar-refractivity contribution in [2.75, 3.05) is 10.6 Å². The fourth-order valence-electron chi connectivity index (χ4n) is 1.31. The Morgan fingerprint density at radius 2 is 1.61 bits per heavy atom. The van der Waals surface area contributed by atoms with E-state index in [1.165, 1.54) is 0 Å². The van der Waals surface area contributed by atoms with Gasteiger partial charge in [-0.1, -0.05) is 13.8 Å². The number of hydrogen-bond acceptors (Lipinski definition) is 3. The van der Waals surface area contributed by atoms with Crippen molar-refractivity contribution in [2.24, 2.45) is 5.73 Å². The minimum Gasteiger partial charge on any atom is -0.326 e. The Kier molecular flexibility index (Phi) is 5.32. The van der Waals surface area contributed by atoms with E-state index in [1.54, 1.807) is 31.2 Å². The maximum absolute atomic E-state index is 11.5. The fraction of sp³-hybridized carbons (Fsp3) is 0.385. The summed E-state index contributed by atoms with van der Waals surface area (Å²) in [6.07, 6.45) is 1.03. The van der Waals surface area contributed by atoms with E-state index >= 15 is 0 Å². The van der Waals surface area contributed by atoms with Crippen molar-refractivity contribution in [3.05, 3.63) is 24.3 Å². The van der Waals surface area contributed by atoms with Crippen LogP contribution >= 0.6 is 0 Å². The molecule has 0 radical (unpaired) electrons. The number of carbonyl (C=O) groups is 2. The van der Waals surface area contributed by atoms with E-state index in [1.807, 2.05) is 6.92 Å². The van der Waals surface area contributed by atoms with E-state index in [0.717, 1.165) is 0 Å². The highest BCUT2D eigenvalue weighted by atomic mass is 16.2. The molecule has 2 amide bonds. The number of rotatable bonds is 5. The zero-order chi connectivity index (χ0) is 13.5. The van der Waals surface area contributed by atoms with Gasteiger partial charge in [0.25, 0.3) is 0 Å². The lowest BCUT2D eigenvalue weighted by molar-refractivity contribution is -0.117. The maximum atomic E-state index is 11.5. The molecular formula is C13H19N3O2. The molecule has 0 saturated heterocycles. The van der Waals surface area contributed by atoms with Crippen LogP contribution in [-0.4, -0.2) is 17.9 Å². The van der Waals surface area contributed by atoms with Gasteiger partial charge in [0.2, 0.25) is 11.8 Å². The van der Waals surface area contributed by atoms with E-state index in [2.05, 4.69) is 10.6 Å². The lowest BCUT2D eigenvalue weighted by atomic mass is 10.2. The van der Waals surface area contributed by atoms with E-state index in [-0.39, 0.29) is 11.8 Å². The molecule has 1 atom stereocenters. The van der Waals surface area contributed by atoms with Crippen molar-refractivity contribution in [3.8, 4) is 0 Å². The number of nitrogens with two attached hydrogens (primary N) is 1. The van der Waals surface area contributed by atoms with Gasteiger partial charge in [0.05, 0.1) is 6.04 Å². The molecule has 5 nitrogen and oxygen atoms in total. The molecule has 0 bridgehead atoms. The Hall–Kier alpha value is -1.88. The zero-order valence-electron chi connectivity index (χ0n) is 10.7.